The Balaban J connectivity index is 1.16. The van der Waals surface area contributed by atoms with Gasteiger partial charge in [-0.1, -0.05) is 84.4 Å². The quantitative estimate of drug-likeness (QED) is 0.138. The molecular formula is C37H29N3O3S. The number of fused-ring (bicyclic) bond motifs is 3. The van der Waals surface area contributed by atoms with Crippen molar-refractivity contribution in [1.82, 2.24) is 9.88 Å². The number of nitrogens with one attached hydrogen (secondary N) is 2. The topological polar surface area (TPSA) is 80.2 Å². The lowest BCUT2D eigenvalue weighted by molar-refractivity contribution is -0.113. The molecule has 0 aliphatic rings. The largest absolute Gasteiger partial charge is 0.321 e. The van der Waals surface area contributed by atoms with Gasteiger partial charge in [-0.25, -0.2) is 0 Å². The molecule has 0 aliphatic heterocycles. The minimum Gasteiger partial charge on any atom is -0.321 e. The van der Waals surface area contributed by atoms with Crippen molar-refractivity contribution in [3.63, 3.8) is 0 Å². The van der Waals surface area contributed by atoms with Crippen LogP contribution < -0.4 is 10.6 Å². The third kappa shape index (κ3) is 6.33. The van der Waals surface area contributed by atoms with E-state index in [0.29, 0.717) is 11.3 Å². The standard InChI is InChI=1S/C37H29N3O3S/c1-25-10-9-11-26(22-25)23-32(39-36(42)27-12-3-2-4-13-27)37(43)38-28-18-20-29(21-19-28)44-24-35(41)40-33-16-7-5-14-30(33)31-15-6-8-17-34(31)40/h2-23H,24H2,1H3,(H,38,43)(H,39,42)/b32-23-. The van der Waals surface area contributed by atoms with Crippen LogP contribution in [0, 0.1) is 6.92 Å². The summed E-state index contributed by atoms with van der Waals surface area (Å²) in [5.41, 5.74) is 4.77. The lowest BCUT2D eigenvalue weighted by atomic mass is 10.1. The van der Waals surface area contributed by atoms with Gasteiger partial charge in [0.2, 0.25) is 5.91 Å². The van der Waals surface area contributed by atoms with Crippen molar-refractivity contribution in [3.05, 3.63) is 150 Å². The summed E-state index contributed by atoms with van der Waals surface area (Å²) in [6.07, 6.45) is 1.66. The van der Waals surface area contributed by atoms with Gasteiger partial charge in [-0.2, -0.15) is 0 Å². The molecule has 0 spiro atoms. The molecule has 0 aliphatic carbocycles. The van der Waals surface area contributed by atoms with Crippen LogP contribution in [-0.4, -0.2) is 28.0 Å². The molecule has 0 unspecified atom stereocenters. The number of para-hydroxylation sites is 2. The van der Waals surface area contributed by atoms with E-state index < -0.39 is 5.91 Å². The molecule has 0 fully saturated rings. The molecule has 1 heterocycles. The SMILES string of the molecule is Cc1cccc(/C=C(\NC(=O)c2ccccc2)C(=O)Nc2ccc(SCC(=O)n3c4ccccc4c4ccccc43)cc2)c1. The van der Waals surface area contributed by atoms with E-state index in [9.17, 15) is 14.4 Å². The number of aryl methyl sites for hydroxylation is 1. The molecule has 0 bridgehead atoms. The van der Waals surface area contributed by atoms with E-state index in [2.05, 4.69) is 10.6 Å². The maximum absolute atomic E-state index is 13.4. The summed E-state index contributed by atoms with van der Waals surface area (Å²) in [6, 6.07) is 39.6. The van der Waals surface area contributed by atoms with E-state index in [1.165, 1.54) is 11.8 Å². The Hall–Kier alpha value is -5.40. The summed E-state index contributed by atoms with van der Waals surface area (Å²) in [4.78, 5) is 40.6. The Kier molecular flexibility index (Phi) is 8.39. The molecule has 7 heteroatoms. The lowest BCUT2D eigenvalue weighted by Gasteiger charge is -2.12. The number of carbonyl (C=O) groups is 3. The third-order valence-corrected chi connectivity index (χ3v) is 8.18. The van der Waals surface area contributed by atoms with Gasteiger partial charge in [-0.3, -0.25) is 19.0 Å². The van der Waals surface area contributed by atoms with Gasteiger partial charge in [-0.05, 0) is 67.1 Å². The van der Waals surface area contributed by atoms with Crippen molar-refractivity contribution in [2.45, 2.75) is 11.8 Å². The summed E-state index contributed by atoms with van der Waals surface area (Å²) in [5.74, 6) is -0.578. The van der Waals surface area contributed by atoms with Gasteiger partial charge in [0.1, 0.15) is 5.70 Å². The Morgan fingerprint density at radius 3 is 2.02 bits per heavy atom. The number of anilines is 1. The fourth-order valence-electron chi connectivity index (χ4n) is 5.10. The van der Waals surface area contributed by atoms with Crippen LogP contribution in [0.1, 0.15) is 26.3 Å². The monoisotopic (exact) mass is 595 g/mol. The maximum atomic E-state index is 13.4. The zero-order valence-corrected chi connectivity index (χ0v) is 24.8. The molecular weight excluding hydrogens is 566 g/mol. The van der Waals surface area contributed by atoms with Gasteiger partial charge in [0.25, 0.3) is 11.8 Å². The Labute approximate surface area is 259 Å². The van der Waals surface area contributed by atoms with Crippen molar-refractivity contribution in [3.8, 4) is 0 Å². The Morgan fingerprint density at radius 2 is 1.36 bits per heavy atom. The normalized spacial score (nSPS) is 11.4. The van der Waals surface area contributed by atoms with Crippen molar-refractivity contribution < 1.29 is 14.4 Å². The van der Waals surface area contributed by atoms with Crippen molar-refractivity contribution in [1.29, 1.82) is 0 Å². The highest BCUT2D eigenvalue weighted by atomic mass is 32.2. The third-order valence-electron chi connectivity index (χ3n) is 7.19. The molecule has 6 aromatic rings. The van der Waals surface area contributed by atoms with Crippen LogP contribution in [0.2, 0.25) is 0 Å². The van der Waals surface area contributed by atoms with Crippen LogP contribution in [0.4, 0.5) is 5.69 Å². The summed E-state index contributed by atoms with van der Waals surface area (Å²) < 4.78 is 1.79. The number of benzene rings is 5. The molecule has 44 heavy (non-hydrogen) atoms. The van der Waals surface area contributed by atoms with E-state index in [4.69, 9.17) is 0 Å². The number of aromatic nitrogens is 1. The Morgan fingerprint density at radius 1 is 0.727 bits per heavy atom. The molecule has 5 aromatic carbocycles. The summed E-state index contributed by atoms with van der Waals surface area (Å²) in [5, 5.41) is 7.76. The van der Waals surface area contributed by atoms with Crippen LogP contribution in [0.5, 0.6) is 0 Å². The van der Waals surface area contributed by atoms with Crippen LogP contribution >= 0.6 is 11.8 Å². The fourth-order valence-corrected chi connectivity index (χ4v) is 5.85. The van der Waals surface area contributed by atoms with Crippen molar-refractivity contribution >= 4 is 63.1 Å². The van der Waals surface area contributed by atoms with Crippen LogP contribution in [0.3, 0.4) is 0 Å². The van der Waals surface area contributed by atoms with Crippen LogP contribution in [-0.2, 0) is 4.79 Å². The zero-order valence-electron chi connectivity index (χ0n) is 24.0. The minimum absolute atomic E-state index is 0.00938. The molecule has 1 aromatic heterocycles. The molecule has 2 amide bonds. The van der Waals surface area contributed by atoms with Gasteiger partial charge in [0.15, 0.2) is 0 Å². The number of rotatable bonds is 8. The number of hydrogen-bond acceptors (Lipinski definition) is 4. The average Bonchev–Trinajstić information content (AvgIpc) is 3.39. The van der Waals surface area contributed by atoms with E-state index >= 15 is 0 Å². The summed E-state index contributed by atoms with van der Waals surface area (Å²) >= 11 is 1.44. The van der Waals surface area contributed by atoms with E-state index in [0.717, 1.165) is 37.8 Å². The summed E-state index contributed by atoms with van der Waals surface area (Å²) in [6.45, 7) is 1.97. The first-order valence-electron chi connectivity index (χ1n) is 14.2. The van der Waals surface area contributed by atoms with Crippen LogP contribution in [0.15, 0.2) is 138 Å². The van der Waals surface area contributed by atoms with Gasteiger partial charge < -0.3 is 10.6 Å². The Bertz CT molecular complexity index is 1980. The van der Waals surface area contributed by atoms with E-state index in [1.54, 1.807) is 47.0 Å². The predicted octanol–water partition coefficient (Wildman–Crippen LogP) is 7.95. The predicted molar refractivity (Wildman–Crippen MR) is 179 cm³/mol. The molecule has 0 saturated heterocycles. The van der Waals surface area contributed by atoms with Gasteiger partial charge >= 0.3 is 0 Å². The maximum Gasteiger partial charge on any atom is 0.272 e. The number of hydrogen-bond donors (Lipinski definition) is 2. The molecule has 0 atom stereocenters. The average molecular weight is 596 g/mol. The van der Waals surface area contributed by atoms with Crippen molar-refractivity contribution in [2.24, 2.45) is 0 Å². The highest BCUT2D eigenvalue weighted by Gasteiger charge is 2.17. The van der Waals surface area contributed by atoms with Crippen LogP contribution in [0.25, 0.3) is 27.9 Å². The number of carbonyl (C=O) groups excluding carboxylic acids is 3. The van der Waals surface area contributed by atoms with E-state index in [1.807, 2.05) is 97.9 Å². The highest BCUT2D eigenvalue weighted by Crippen LogP contribution is 2.30. The minimum atomic E-state index is -0.447. The van der Waals surface area contributed by atoms with Gasteiger partial charge in [0, 0.05) is 26.9 Å². The molecule has 6 nitrogen and oxygen atoms in total. The molecule has 216 valence electrons. The first kappa shape index (κ1) is 28.7. The lowest BCUT2D eigenvalue weighted by Crippen LogP contribution is -2.30. The number of nitrogens with zero attached hydrogens (tertiary/aromatic N) is 1. The van der Waals surface area contributed by atoms with E-state index in [-0.39, 0.29) is 23.3 Å². The molecule has 0 radical (unpaired) electrons. The smallest absolute Gasteiger partial charge is 0.272 e. The molecule has 2 N–H and O–H groups in total. The molecule has 0 saturated carbocycles. The second-order valence-electron chi connectivity index (χ2n) is 10.3. The highest BCUT2D eigenvalue weighted by molar-refractivity contribution is 8.00. The second-order valence-corrected chi connectivity index (χ2v) is 11.4. The first-order chi connectivity index (χ1) is 21.5. The summed E-state index contributed by atoms with van der Waals surface area (Å²) in [7, 11) is 0. The second kappa shape index (κ2) is 12.9. The number of amides is 2. The molecule has 6 rings (SSSR count). The first-order valence-corrected chi connectivity index (χ1v) is 15.2. The number of thioether (sulfide) groups is 1. The van der Waals surface area contributed by atoms with Gasteiger partial charge in [-0.15, -0.1) is 11.8 Å². The fraction of sp³-hybridized carbons (Fsp3) is 0.0541. The van der Waals surface area contributed by atoms with Crippen molar-refractivity contribution in [2.75, 3.05) is 11.1 Å². The zero-order chi connectivity index (χ0) is 30.5. The van der Waals surface area contributed by atoms with Gasteiger partial charge in [0.05, 0.1) is 16.8 Å².